The Morgan fingerprint density at radius 3 is 1.83 bits per heavy atom. The lowest BCUT2D eigenvalue weighted by Crippen LogP contribution is -2.36. The summed E-state index contributed by atoms with van der Waals surface area (Å²) in [6.45, 7) is 5.26. The second-order valence-corrected chi connectivity index (χ2v) is 8.89. The topological polar surface area (TPSA) is 49.7 Å². The molecule has 0 heterocycles. The number of rotatable bonds is 9. The first-order chi connectivity index (χ1) is 11.7. The van der Waals surface area contributed by atoms with Crippen molar-refractivity contribution in [2.75, 3.05) is 6.61 Å². The molecule has 4 heteroatoms. The van der Waals surface area contributed by atoms with Crippen molar-refractivity contribution in [3.8, 4) is 0 Å². The van der Waals surface area contributed by atoms with E-state index < -0.39 is 8.60 Å². The largest absolute Gasteiger partial charge is 0.328 e. The van der Waals surface area contributed by atoms with Crippen LogP contribution in [0.5, 0.6) is 0 Å². The van der Waals surface area contributed by atoms with Gasteiger partial charge in [-0.15, -0.1) is 0 Å². The maximum atomic E-state index is 8.97. The van der Waals surface area contributed by atoms with Crippen LogP contribution < -0.4 is 0 Å². The standard InChI is InChI=1S/C20H39O3P/c1-3-16-10-5-7-12-18(16)20(14-9-15-23-24(21)22)19-13-8-6-11-17(19)4-2/h16-22H,3-15H2,1-2H3. The summed E-state index contributed by atoms with van der Waals surface area (Å²) in [6.07, 6.45) is 16.2. The molecule has 0 aromatic rings. The van der Waals surface area contributed by atoms with E-state index in [1.54, 1.807) is 0 Å². The third kappa shape index (κ3) is 5.94. The molecule has 2 rings (SSSR count). The summed E-state index contributed by atoms with van der Waals surface area (Å²) in [5, 5.41) is 0. The monoisotopic (exact) mass is 358 g/mol. The molecule has 4 atom stereocenters. The van der Waals surface area contributed by atoms with Gasteiger partial charge in [0.15, 0.2) is 0 Å². The lowest BCUT2D eigenvalue weighted by atomic mass is 9.60. The third-order valence-electron chi connectivity index (χ3n) is 6.97. The normalized spacial score (nSPS) is 32.9. The van der Waals surface area contributed by atoms with Gasteiger partial charge in [-0.1, -0.05) is 65.2 Å². The maximum absolute atomic E-state index is 8.97. The van der Waals surface area contributed by atoms with Gasteiger partial charge in [0.25, 0.3) is 0 Å². The molecule has 2 saturated carbocycles. The fraction of sp³-hybridized carbons (Fsp3) is 1.00. The van der Waals surface area contributed by atoms with Crippen LogP contribution in [0.2, 0.25) is 0 Å². The van der Waals surface area contributed by atoms with Gasteiger partial charge in [-0.2, -0.15) is 0 Å². The van der Waals surface area contributed by atoms with E-state index in [0.29, 0.717) is 6.61 Å². The van der Waals surface area contributed by atoms with Crippen molar-refractivity contribution >= 4 is 8.60 Å². The van der Waals surface area contributed by atoms with Gasteiger partial charge in [0.1, 0.15) is 0 Å². The highest BCUT2D eigenvalue weighted by Crippen LogP contribution is 2.48. The Balaban J connectivity index is 2.04. The van der Waals surface area contributed by atoms with Crippen LogP contribution in [0.3, 0.4) is 0 Å². The Kier molecular flexibility index (Phi) is 9.55. The Morgan fingerprint density at radius 2 is 1.38 bits per heavy atom. The zero-order valence-corrected chi connectivity index (χ0v) is 16.7. The van der Waals surface area contributed by atoms with Crippen molar-refractivity contribution in [2.45, 2.75) is 90.9 Å². The van der Waals surface area contributed by atoms with E-state index in [9.17, 15) is 0 Å². The Labute approximate surface area is 150 Å². The van der Waals surface area contributed by atoms with E-state index in [0.717, 1.165) is 36.0 Å². The van der Waals surface area contributed by atoms with Crippen LogP contribution >= 0.6 is 8.60 Å². The predicted octanol–water partition coefficient (Wildman–Crippen LogP) is 6.04. The zero-order valence-electron chi connectivity index (χ0n) is 15.8. The van der Waals surface area contributed by atoms with Crippen molar-refractivity contribution in [3.63, 3.8) is 0 Å². The summed E-state index contributed by atoms with van der Waals surface area (Å²) >= 11 is 0. The second-order valence-electron chi connectivity index (χ2n) is 8.13. The summed E-state index contributed by atoms with van der Waals surface area (Å²) in [6, 6.07) is 0. The fourth-order valence-electron chi connectivity index (χ4n) is 5.82. The molecule has 3 nitrogen and oxygen atoms in total. The highest BCUT2D eigenvalue weighted by molar-refractivity contribution is 7.39. The minimum atomic E-state index is -2.18. The van der Waals surface area contributed by atoms with Crippen LogP contribution in [-0.2, 0) is 4.52 Å². The zero-order chi connectivity index (χ0) is 17.4. The van der Waals surface area contributed by atoms with Gasteiger partial charge >= 0.3 is 8.60 Å². The fourth-order valence-corrected chi connectivity index (χ4v) is 6.12. The summed E-state index contributed by atoms with van der Waals surface area (Å²) in [4.78, 5) is 17.9. The van der Waals surface area contributed by atoms with Crippen LogP contribution in [-0.4, -0.2) is 16.4 Å². The lowest BCUT2D eigenvalue weighted by molar-refractivity contribution is 0.0474. The molecule has 24 heavy (non-hydrogen) atoms. The van der Waals surface area contributed by atoms with E-state index in [-0.39, 0.29) is 0 Å². The summed E-state index contributed by atoms with van der Waals surface area (Å²) in [5.41, 5.74) is 0. The quantitative estimate of drug-likeness (QED) is 0.390. The van der Waals surface area contributed by atoms with Crippen LogP contribution in [0, 0.1) is 29.6 Å². The van der Waals surface area contributed by atoms with Gasteiger partial charge in [0, 0.05) is 0 Å². The molecule has 0 amide bonds. The highest BCUT2D eigenvalue weighted by atomic mass is 31.2. The average Bonchev–Trinajstić information content (AvgIpc) is 2.61. The molecular formula is C20H39O3P. The molecule has 0 bridgehead atoms. The molecule has 0 aliphatic heterocycles. The molecule has 0 aromatic heterocycles. The molecule has 0 aromatic carbocycles. The van der Waals surface area contributed by atoms with Crippen LogP contribution in [0.1, 0.15) is 90.9 Å². The van der Waals surface area contributed by atoms with Crippen molar-refractivity contribution in [2.24, 2.45) is 29.6 Å². The summed E-state index contributed by atoms with van der Waals surface area (Å²) < 4.78 is 5.05. The summed E-state index contributed by atoms with van der Waals surface area (Å²) in [7, 11) is -2.18. The Hall–Kier alpha value is 0.310. The first-order valence-electron chi connectivity index (χ1n) is 10.5. The first kappa shape index (κ1) is 20.6. The maximum Gasteiger partial charge on any atom is 0.327 e. The van der Waals surface area contributed by atoms with Crippen molar-refractivity contribution in [1.82, 2.24) is 0 Å². The first-order valence-corrected chi connectivity index (χ1v) is 11.6. The molecule has 0 radical (unpaired) electrons. The van der Waals surface area contributed by atoms with Gasteiger partial charge in [0.05, 0.1) is 6.61 Å². The Morgan fingerprint density at radius 1 is 0.875 bits per heavy atom. The highest BCUT2D eigenvalue weighted by Gasteiger charge is 2.38. The second kappa shape index (κ2) is 11.1. The molecule has 142 valence electrons. The van der Waals surface area contributed by atoms with E-state index in [1.807, 2.05) is 0 Å². The molecule has 0 spiro atoms. The molecule has 2 N–H and O–H groups in total. The van der Waals surface area contributed by atoms with Crippen LogP contribution in [0.4, 0.5) is 0 Å². The van der Waals surface area contributed by atoms with Crippen molar-refractivity contribution < 1.29 is 14.3 Å². The molecule has 4 unspecified atom stereocenters. The molecular weight excluding hydrogens is 319 g/mol. The van der Waals surface area contributed by atoms with Gasteiger partial charge < -0.3 is 14.3 Å². The molecule has 2 aliphatic carbocycles. The molecule has 0 saturated heterocycles. The van der Waals surface area contributed by atoms with E-state index in [1.165, 1.54) is 70.6 Å². The van der Waals surface area contributed by atoms with Crippen LogP contribution in [0.15, 0.2) is 0 Å². The average molecular weight is 359 g/mol. The van der Waals surface area contributed by atoms with Gasteiger partial charge in [-0.25, -0.2) is 0 Å². The number of hydrogen-bond acceptors (Lipinski definition) is 3. The van der Waals surface area contributed by atoms with Gasteiger partial charge in [-0.05, 0) is 55.3 Å². The third-order valence-corrected chi connectivity index (χ3v) is 7.39. The minimum Gasteiger partial charge on any atom is -0.328 e. The van der Waals surface area contributed by atoms with E-state index in [2.05, 4.69) is 13.8 Å². The van der Waals surface area contributed by atoms with Crippen molar-refractivity contribution in [1.29, 1.82) is 0 Å². The predicted molar refractivity (Wildman–Crippen MR) is 102 cm³/mol. The Bertz CT molecular complexity index is 313. The van der Waals surface area contributed by atoms with Crippen LogP contribution in [0.25, 0.3) is 0 Å². The van der Waals surface area contributed by atoms with Gasteiger partial charge in [0.2, 0.25) is 0 Å². The summed E-state index contributed by atoms with van der Waals surface area (Å²) in [5.74, 6) is 4.44. The van der Waals surface area contributed by atoms with Gasteiger partial charge in [-0.3, -0.25) is 0 Å². The minimum absolute atomic E-state index is 0.502. The van der Waals surface area contributed by atoms with Crippen molar-refractivity contribution in [3.05, 3.63) is 0 Å². The van der Waals surface area contributed by atoms with E-state index >= 15 is 0 Å². The molecule has 2 aliphatic rings. The smallest absolute Gasteiger partial charge is 0.327 e. The van der Waals surface area contributed by atoms with E-state index in [4.69, 9.17) is 14.3 Å². The number of hydrogen-bond donors (Lipinski definition) is 2. The SMILES string of the molecule is CCC1CCCCC1C(CCCOP(O)O)C1CCCCC1CC. The molecule has 2 fully saturated rings. The lowest BCUT2D eigenvalue weighted by Gasteiger charge is -2.45.